The first-order chi connectivity index (χ1) is 8.51. The highest BCUT2D eigenvalue weighted by molar-refractivity contribution is 4.77. The lowest BCUT2D eigenvalue weighted by molar-refractivity contribution is 0.162. The van der Waals surface area contributed by atoms with Gasteiger partial charge in [-0.25, -0.2) is 0 Å². The van der Waals surface area contributed by atoms with E-state index in [1.165, 1.54) is 51.5 Å². The van der Waals surface area contributed by atoms with Crippen LogP contribution < -0.4 is 0 Å². The average Bonchev–Trinajstić information content (AvgIpc) is 2.30. The van der Waals surface area contributed by atoms with Crippen molar-refractivity contribution in [3.05, 3.63) is 0 Å². The highest BCUT2D eigenvalue weighted by Crippen LogP contribution is 2.29. The minimum absolute atomic E-state index is 0.833. The van der Waals surface area contributed by atoms with Crippen molar-refractivity contribution in [3.63, 3.8) is 0 Å². The molecular formula is C17H37N. The summed E-state index contributed by atoms with van der Waals surface area (Å²) in [4.78, 5) is 2.57. The van der Waals surface area contributed by atoms with Crippen LogP contribution in [0.3, 0.4) is 0 Å². The van der Waals surface area contributed by atoms with Crippen molar-refractivity contribution in [1.29, 1.82) is 0 Å². The van der Waals surface area contributed by atoms with Gasteiger partial charge in [-0.15, -0.1) is 0 Å². The quantitative estimate of drug-likeness (QED) is 0.640. The monoisotopic (exact) mass is 255 g/mol. The minimum atomic E-state index is 0.833. The van der Waals surface area contributed by atoms with E-state index >= 15 is 0 Å². The summed E-state index contributed by atoms with van der Waals surface area (Å²) in [6.45, 7) is 12.4. The smallest absolute Gasteiger partial charge is 0.00924 e. The molecule has 0 amide bonds. The van der Waals surface area contributed by atoms with E-state index in [-0.39, 0.29) is 0 Å². The molecular weight excluding hydrogens is 218 g/mol. The Balaban J connectivity index is 0.000000631. The van der Waals surface area contributed by atoms with Crippen LogP contribution in [0.15, 0.2) is 0 Å². The summed E-state index contributed by atoms with van der Waals surface area (Å²) in [6, 6.07) is 0.892. The maximum absolute atomic E-state index is 2.57. The zero-order valence-electron chi connectivity index (χ0n) is 13.8. The van der Waals surface area contributed by atoms with Crippen molar-refractivity contribution >= 4 is 0 Å². The molecule has 0 aliphatic heterocycles. The van der Waals surface area contributed by atoms with Gasteiger partial charge >= 0.3 is 0 Å². The molecule has 0 aromatic carbocycles. The molecule has 0 N–H and O–H groups in total. The van der Waals surface area contributed by atoms with Gasteiger partial charge in [-0.1, -0.05) is 47.5 Å². The summed E-state index contributed by atoms with van der Waals surface area (Å²) < 4.78 is 0. The Morgan fingerprint density at radius 2 is 1.44 bits per heavy atom. The lowest BCUT2D eigenvalue weighted by atomic mass is 9.83. The molecule has 0 aromatic heterocycles. The molecule has 0 spiro atoms. The third kappa shape index (κ3) is 8.97. The van der Waals surface area contributed by atoms with E-state index in [0.717, 1.165) is 17.9 Å². The Kier molecular flexibility index (Phi) is 10.8. The second-order valence-corrected chi connectivity index (χ2v) is 6.68. The third-order valence-electron chi connectivity index (χ3n) is 3.71. The molecule has 1 heteroatoms. The number of rotatable bonds is 5. The molecule has 110 valence electrons. The molecule has 0 bridgehead atoms. The van der Waals surface area contributed by atoms with Crippen molar-refractivity contribution in [3.8, 4) is 0 Å². The molecule has 0 unspecified atom stereocenters. The van der Waals surface area contributed by atoms with Gasteiger partial charge in [-0.2, -0.15) is 0 Å². The standard InChI is InChI=1S/C13H27N.C4H10/c1-4-6-12-7-9-13(10-8-12)14(3)11-5-2;1-4(2)3/h12-13H,4-11H2,1-3H3;4H,1-3H3. The lowest BCUT2D eigenvalue weighted by Gasteiger charge is -2.34. The lowest BCUT2D eigenvalue weighted by Crippen LogP contribution is -2.35. The Morgan fingerprint density at radius 1 is 0.944 bits per heavy atom. The molecule has 0 radical (unpaired) electrons. The molecule has 0 heterocycles. The van der Waals surface area contributed by atoms with E-state index in [1.54, 1.807) is 0 Å². The van der Waals surface area contributed by atoms with Crippen LogP contribution in [-0.4, -0.2) is 24.5 Å². The van der Waals surface area contributed by atoms with E-state index in [4.69, 9.17) is 0 Å². The average molecular weight is 255 g/mol. The first kappa shape index (κ1) is 18.0. The predicted molar refractivity (Wildman–Crippen MR) is 84.1 cm³/mol. The van der Waals surface area contributed by atoms with Crippen LogP contribution in [0, 0.1) is 11.8 Å². The first-order valence-electron chi connectivity index (χ1n) is 8.21. The summed E-state index contributed by atoms with van der Waals surface area (Å²) in [6.07, 6.45) is 9.98. The van der Waals surface area contributed by atoms with Gasteiger partial charge in [0, 0.05) is 6.04 Å². The maximum atomic E-state index is 2.57. The van der Waals surface area contributed by atoms with Crippen LogP contribution in [0.1, 0.15) is 79.6 Å². The van der Waals surface area contributed by atoms with Crippen molar-refractivity contribution in [1.82, 2.24) is 4.90 Å². The van der Waals surface area contributed by atoms with Gasteiger partial charge in [-0.3, -0.25) is 0 Å². The number of hydrogen-bond acceptors (Lipinski definition) is 1. The van der Waals surface area contributed by atoms with Crippen LogP contribution >= 0.6 is 0 Å². The van der Waals surface area contributed by atoms with Crippen LogP contribution in [0.4, 0.5) is 0 Å². The van der Waals surface area contributed by atoms with Crippen LogP contribution in [0.5, 0.6) is 0 Å². The molecule has 1 aliphatic carbocycles. The van der Waals surface area contributed by atoms with E-state index in [0.29, 0.717) is 0 Å². The zero-order chi connectivity index (χ0) is 14.0. The minimum Gasteiger partial charge on any atom is -0.303 e. The largest absolute Gasteiger partial charge is 0.303 e. The van der Waals surface area contributed by atoms with Crippen molar-refractivity contribution in [2.45, 2.75) is 85.6 Å². The summed E-state index contributed by atoms with van der Waals surface area (Å²) in [5, 5.41) is 0. The van der Waals surface area contributed by atoms with Crippen molar-refractivity contribution < 1.29 is 0 Å². The van der Waals surface area contributed by atoms with E-state index < -0.39 is 0 Å². The molecule has 0 saturated heterocycles. The van der Waals surface area contributed by atoms with Crippen LogP contribution in [-0.2, 0) is 0 Å². The second kappa shape index (κ2) is 10.8. The molecule has 1 rings (SSSR count). The zero-order valence-corrected chi connectivity index (χ0v) is 13.8. The normalized spacial score (nSPS) is 24.0. The fourth-order valence-corrected chi connectivity index (χ4v) is 2.82. The van der Waals surface area contributed by atoms with E-state index in [2.05, 4.69) is 46.6 Å². The molecule has 0 atom stereocenters. The highest BCUT2D eigenvalue weighted by atomic mass is 15.1. The fraction of sp³-hybridized carbons (Fsp3) is 1.00. The van der Waals surface area contributed by atoms with Gasteiger partial charge in [0.05, 0.1) is 0 Å². The predicted octanol–water partition coefficient (Wildman–Crippen LogP) is 5.35. The van der Waals surface area contributed by atoms with Crippen LogP contribution in [0.25, 0.3) is 0 Å². The summed E-state index contributed by atoms with van der Waals surface area (Å²) >= 11 is 0. The topological polar surface area (TPSA) is 3.24 Å². The third-order valence-corrected chi connectivity index (χ3v) is 3.71. The van der Waals surface area contributed by atoms with Gasteiger partial charge in [-0.05, 0) is 57.5 Å². The number of nitrogens with zero attached hydrogens (tertiary/aromatic N) is 1. The molecule has 18 heavy (non-hydrogen) atoms. The van der Waals surface area contributed by atoms with Gasteiger partial charge < -0.3 is 4.90 Å². The molecule has 1 aliphatic rings. The Morgan fingerprint density at radius 3 is 1.83 bits per heavy atom. The van der Waals surface area contributed by atoms with Crippen molar-refractivity contribution in [2.75, 3.05) is 13.6 Å². The second-order valence-electron chi connectivity index (χ2n) is 6.68. The van der Waals surface area contributed by atoms with E-state index in [9.17, 15) is 0 Å². The Hall–Kier alpha value is -0.0400. The summed E-state index contributed by atoms with van der Waals surface area (Å²) in [5.74, 6) is 1.88. The van der Waals surface area contributed by atoms with Crippen LogP contribution in [0.2, 0.25) is 0 Å². The SMILES string of the molecule is CC(C)C.CCCC1CCC(N(C)CCC)CC1. The molecule has 1 fully saturated rings. The molecule has 1 nitrogen and oxygen atoms in total. The van der Waals surface area contributed by atoms with Crippen molar-refractivity contribution in [2.24, 2.45) is 11.8 Å². The number of hydrogen-bond donors (Lipinski definition) is 0. The Labute approximate surface area is 116 Å². The first-order valence-corrected chi connectivity index (χ1v) is 8.21. The summed E-state index contributed by atoms with van der Waals surface area (Å²) in [7, 11) is 2.30. The van der Waals surface area contributed by atoms with Gasteiger partial charge in [0.2, 0.25) is 0 Å². The fourth-order valence-electron chi connectivity index (χ4n) is 2.82. The van der Waals surface area contributed by atoms with Gasteiger partial charge in [0.1, 0.15) is 0 Å². The molecule has 0 aromatic rings. The Bertz CT molecular complexity index is 166. The molecule has 1 saturated carbocycles. The van der Waals surface area contributed by atoms with Gasteiger partial charge in [0.15, 0.2) is 0 Å². The highest BCUT2D eigenvalue weighted by Gasteiger charge is 2.22. The maximum Gasteiger partial charge on any atom is 0.00924 e. The summed E-state index contributed by atoms with van der Waals surface area (Å²) in [5.41, 5.74) is 0. The van der Waals surface area contributed by atoms with Gasteiger partial charge in [0.25, 0.3) is 0 Å². The van der Waals surface area contributed by atoms with E-state index in [1.807, 2.05) is 0 Å².